The molecule has 0 aliphatic carbocycles. The van der Waals surface area contributed by atoms with Gasteiger partial charge in [0.2, 0.25) is 0 Å². The second kappa shape index (κ2) is 10.5. The maximum atomic E-state index is 14.1. The van der Waals surface area contributed by atoms with Gasteiger partial charge in [-0.15, -0.1) is 0 Å². The van der Waals surface area contributed by atoms with Crippen LogP contribution in [0.4, 0.5) is 0 Å². The number of nitrogens with one attached hydrogen (secondary N) is 1. The van der Waals surface area contributed by atoms with Gasteiger partial charge in [0.25, 0.3) is 11.8 Å². The smallest absolute Gasteiger partial charge is 0.331 e. The maximum absolute atomic E-state index is 14.1. The fraction of sp³-hybridized carbons (Fsp3) is 0.241. The predicted molar refractivity (Wildman–Crippen MR) is 136 cm³/mol. The molecule has 2 saturated heterocycles. The van der Waals surface area contributed by atoms with Gasteiger partial charge in [-0.05, 0) is 23.3 Å². The molecule has 0 bridgehead atoms. The zero-order chi connectivity index (χ0) is 26.8. The Morgan fingerprint density at radius 3 is 1.74 bits per heavy atom. The van der Waals surface area contributed by atoms with Crippen LogP contribution in [0.25, 0.3) is 0 Å². The molecule has 0 saturated carbocycles. The minimum absolute atomic E-state index is 0.394. The number of methoxy groups -OCH3 is 2. The highest BCUT2D eigenvalue weighted by Gasteiger charge is 2.65. The molecule has 5 atom stereocenters. The van der Waals surface area contributed by atoms with E-state index in [4.69, 9.17) is 9.47 Å². The number of carbonyl (C=O) groups excluding carboxylic acids is 4. The Bertz CT molecular complexity index is 1330. The van der Waals surface area contributed by atoms with Crippen molar-refractivity contribution in [1.82, 2.24) is 15.3 Å². The van der Waals surface area contributed by atoms with E-state index in [1.54, 1.807) is 35.3 Å². The standard InChI is InChI=1S/C29H27N3O6/c1-37-28(35)21-23(18-12-6-3-7-13-18)31-24(19-14-8-4-9-15-19)22(27(34)32(31)25(21)29(36)38-2)30-26(33)20-16-10-5-11-17-20/h3-17,21-25H,1-2H3,(H,30,33)/t21-,22+,23-,24+,25+/m0/s1. The minimum atomic E-state index is -1.28. The summed E-state index contributed by atoms with van der Waals surface area (Å²) in [4.78, 5) is 53.7. The Labute approximate surface area is 219 Å². The topological polar surface area (TPSA) is 105 Å². The highest BCUT2D eigenvalue weighted by molar-refractivity contribution is 6.00. The van der Waals surface area contributed by atoms with Gasteiger partial charge in [0.05, 0.1) is 26.3 Å². The number of nitrogens with zero attached hydrogens (tertiary/aromatic N) is 2. The van der Waals surface area contributed by atoms with Gasteiger partial charge in [-0.25, -0.2) is 4.79 Å². The molecular formula is C29H27N3O6. The molecule has 2 aliphatic heterocycles. The van der Waals surface area contributed by atoms with Gasteiger partial charge in [0, 0.05) is 5.56 Å². The van der Waals surface area contributed by atoms with Crippen molar-refractivity contribution in [3.05, 3.63) is 108 Å². The summed E-state index contributed by atoms with van der Waals surface area (Å²) in [6.07, 6.45) is 0. The number of carbonyl (C=O) groups is 4. The number of benzene rings is 3. The molecule has 1 N–H and O–H groups in total. The van der Waals surface area contributed by atoms with Crippen molar-refractivity contribution in [2.45, 2.75) is 24.2 Å². The molecule has 2 aliphatic rings. The molecule has 2 fully saturated rings. The number of fused-ring (bicyclic) bond motifs is 1. The average Bonchev–Trinajstić information content (AvgIpc) is 3.45. The molecule has 2 amide bonds. The molecule has 3 aromatic carbocycles. The van der Waals surface area contributed by atoms with Gasteiger partial charge in [-0.1, -0.05) is 78.9 Å². The Hall–Kier alpha value is -4.50. The molecule has 0 unspecified atom stereocenters. The Kier molecular flexibility index (Phi) is 6.93. The molecule has 0 spiro atoms. The van der Waals surface area contributed by atoms with Crippen molar-refractivity contribution in [2.75, 3.05) is 14.2 Å². The van der Waals surface area contributed by atoms with Crippen LogP contribution in [0, 0.1) is 5.92 Å². The molecule has 3 aromatic rings. The van der Waals surface area contributed by atoms with Crippen LogP contribution in [0.3, 0.4) is 0 Å². The third-order valence-electron chi connectivity index (χ3n) is 7.09. The van der Waals surface area contributed by atoms with E-state index in [-0.39, 0.29) is 0 Å². The van der Waals surface area contributed by atoms with E-state index in [0.29, 0.717) is 11.1 Å². The summed E-state index contributed by atoms with van der Waals surface area (Å²) in [7, 11) is 2.46. The summed E-state index contributed by atoms with van der Waals surface area (Å²) >= 11 is 0. The van der Waals surface area contributed by atoms with E-state index < -0.39 is 53.8 Å². The van der Waals surface area contributed by atoms with E-state index in [1.165, 1.54) is 19.2 Å². The van der Waals surface area contributed by atoms with Crippen LogP contribution >= 0.6 is 0 Å². The van der Waals surface area contributed by atoms with Crippen molar-refractivity contribution < 1.29 is 28.7 Å². The SMILES string of the molecule is COC(=O)[C@@H]1[C@H](C(=O)OC)N2C(=O)[C@H](NC(=O)c3ccccc3)[C@@H](c3ccccc3)N2[C@H]1c1ccccc1. The molecule has 2 heterocycles. The molecule has 0 radical (unpaired) electrons. The lowest BCUT2D eigenvalue weighted by Gasteiger charge is -2.33. The molecule has 9 nitrogen and oxygen atoms in total. The van der Waals surface area contributed by atoms with Crippen molar-refractivity contribution in [2.24, 2.45) is 5.92 Å². The number of ether oxygens (including phenoxy) is 2. The van der Waals surface area contributed by atoms with Gasteiger partial charge < -0.3 is 14.8 Å². The number of amides is 2. The van der Waals surface area contributed by atoms with Gasteiger partial charge in [-0.3, -0.25) is 19.4 Å². The first-order chi connectivity index (χ1) is 18.5. The monoisotopic (exact) mass is 513 g/mol. The second-order valence-electron chi connectivity index (χ2n) is 9.11. The first kappa shape index (κ1) is 25.2. The third-order valence-corrected chi connectivity index (χ3v) is 7.09. The van der Waals surface area contributed by atoms with Crippen LogP contribution in [0.15, 0.2) is 91.0 Å². The first-order valence-electron chi connectivity index (χ1n) is 12.2. The average molecular weight is 514 g/mol. The van der Waals surface area contributed by atoms with E-state index in [2.05, 4.69) is 5.32 Å². The lowest BCUT2D eigenvalue weighted by molar-refractivity contribution is -0.161. The first-order valence-corrected chi connectivity index (χ1v) is 12.2. The molecule has 38 heavy (non-hydrogen) atoms. The number of hydrogen-bond acceptors (Lipinski definition) is 7. The highest BCUT2D eigenvalue weighted by atomic mass is 16.5. The van der Waals surface area contributed by atoms with E-state index >= 15 is 0 Å². The number of hydrogen-bond donors (Lipinski definition) is 1. The second-order valence-corrected chi connectivity index (χ2v) is 9.11. The van der Waals surface area contributed by atoms with Gasteiger partial charge >= 0.3 is 11.9 Å². The van der Waals surface area contributed by atoms with Crippen molar-refractivity contribution in [1.29, 1.82) is 0 Å². The number of esters is 2. The van der Waals surface area contributed by atoms with Crippen LogP contribution < -0.4 is 5.32 Å². The molecule has 0 aromatic heterocycles. The predicted octanol–water partition coefficient (Wildman–Crippen LogP) is 2.67. The molecular weight excluding hydrogens is 486 g/mol. The van der Waals surface area contributed by atoms with Crippen molar-refractivity contribution in [3.63, 3.8) is 0 Å². The Morgan fingerprint density at radius 2 is 1.21 bits per heavy atom. The van der Waals surface area contributed by atoms with Crippen LogP contribution in [-0.2, 0) is 23.9 Å². The summed E-state index contributed by atoms with van der Waals surface area (Å²) in [5, 5.41) is 5.89. The van der Waals surface area contributed by atoms with Crippen molar-refractivity contribution in [3.8, 4) is 0 Å². The normalized spacial score (nSPS) is 24.5. The van der Waals surface area contributed by atoms with Gasteiger partial charge in [0.1, 0.15) is 12.0 Å². The summed E-state index contributed by atoms with van der Waals surface area (Å²) in [6, 6.07) is 23.2. The van der Waals surface area contributed by atoms with Gasteiger partial charge in [0.15, 0.2) is 6.04 Å². The fourth-order valence-electron chi connectivity index (χ4n) is 5.48. The molecule has 5 rings (SSSR count). The zero-order valence-electron chi connectivity index (χ0n) is 20.9. The maximum Gasteiger partial charge on any atom is 0.331 e. The van der Waals surface area contributed by atoms with Crippen LogP contribution in [0.2, 0.25) is 0 Å². The number of hydrazine groups is 1. The summed E-state index contributed by atoms with van der Waals surface area (Å²) in [5.74, 6) is -3.41. The quantitative estimate of drug-likeness (QED) is 0.506. The summed E-state index contributed by atoms with van der Waals surface area (Å²) in [6.45, 7) is 0. The number of rotatable bonds is 6. The molecule has 9 heteroatoms. The third kappa shape index (κ3) is 4.20. The van der Waals surface area contributed by atoms with Crippen LogP contribution in [0.1, 0.15) is 33.6 Å². The largest absolute Gasteiger partial charge is 0.469 e. The Morgan fingerprint density at radius 1 is 0.711 bits per heavy atom. The van der Waals surface area contributed by atoms with Gasteiger partial charge in [-0.2, -0.15) is 5.01 Å². The summed E-state index contributed by atoms with van der Waals surface area (Å²) in [5.41, 5.74) is 1.84. The molecule has 194 valence electrons. The van der Waals surface area contributed by atoms with Crippen LogP contribution in [-0.4, -0.2) is 60.1 Å². The van der Waals surface area contributed by atoms with E-state index in [1.807, 2.05) is 60.7 Å². The van der Waals surface area contributed by atoms with E-state index in [9.17, 15) is 19.2 Å². The fourth-order valence-corrected chi connectivity index (χ4v) is 5.48. The lowest BCUT2D eigenvalue weighted by atomic mass is 9.86. The summed E-state index contributed by atoms with van der Waals surface area (Å²) < 4.78 is 10.2. The lowest BCUT2D eigenvalue weighted by Crippen LogP contribution is -2.50. The van der Waals surface area contributed by atoms with Crippen molar-refractivity contribution >= 4 is 23.8 Å². The minimum Gasteiger partial charge on any atom is -0.469 e. The Balaban J connectivity index is 1.68. The van der Waals surface area contributed by atoms with Crippen LogP contribution in [0.5, 0.6) is 0 Å². The highest BCUT2D eigenvalue weighted by Crippen LogP contribution is 2.51. The zero-order valence-corrected chi connectivity index (χ0v) is 20.9. The van der Waals surface area contributed by atoms with E-state index in [0.717, 1.165) is 5.56 Å².